The lowest BCUT2D eigenvalue weighted by Gasteiger charge is -2.41. The van der Waals surface area contributed by atoms with E-state index in [4.69, 9.17) is 68.6 Å². The summed E-state index contributed by atoms with van der Waals surface area (Å²) in [6.45, 7) is 4.90. The van der Waals surface area contributed by atoms with Crippen molar-refractivity contribution in [2.75, 3.05) is 6.61 Å². The van der Waals surface area contributed by atoms with Gasteiger partial charge in [0.1, 0.15) is 31.0 Å². The highest BCUT2D eigenvalue weighted by Gasteiger charge is 2.57. The zero-order chi connectivity index (χ0) is 22.8. The molecule has 3 rings (SSSR count). The SMILES string of the molecule is CC(=O)OC[C@H]1O[C@H](OC(=N)C(Cl)(Cl)Cl)[C@H](OCc2ccccc2)[C@H]2OC(C)(C)O[C@H]21. The first kappa shape index (κ1) is 24.5. The van der Waals surface area contributed by atoms with E-state index in [0.29, 0.717) is 0 Å². The van der Waals surface area contributed by atoms with E-state index in [1.807, 2.05) is 30.3 Å². The zero-order valence-electron chi connectivity index (χ0n) is 17.2. The normalized spacial score (nSPS) is 29.8. The lowest BCUT2D eigenvalue weighted by atomic mass is 9.99. The summed E-state index contributed by atoms with van der Waals surface area (Å²) in [6.07, 6.45) is -4.02. The average molecular weight is 497 g/mol. The summed E-state index contributed by atoms with van der Waals surface area (Å²) in [5.41, 5.74) is 0.912. The number of benzene rings is 1. The lowest BCUT2D eigenvalue weighted by molar-refractivity contribution is -0.273. The summed E-state index contributed by atoms with van der Waals surface area (Å²) in [5, 5.41) is 7.95. The minimum Gasteiger partial charge on any atom is -0.463 e. The van der Waals surface area contributed by atoms with Crippen molar-refractivity contribution in [2.24, 2.45) is 0 Å². The number of nitrogens with one attached hydrogen (secondary N) is 1. The summed E-state index contributed by atoms with van der Waals surface area (Å²) in [5.74, 6) is -2.06. The minimum atomic E-state index is -2.10. The lowest BCUT2D eigenvalue weighted by Crippen LogP contribution is -2.59. The summed E-state index contributed by atoms with van der Waals surface area (Å²) in [6, 6.07) is 9.48. The van der Waals surface area contributed by atoms with Gasteiger partial charge >= 0.3 is 5.97 Å². The van der Waals surface area contributed by atoms with Crippen LogP contribution in [0, 0.1) is 5.41 Å². The fourth-order valence-corrected chi connectivity index (χ4v) is 3.53. The number of carbonyl (C=O) groups excluding carboxylic acids is 1. The number of fused-ring (bicyclic) bond motifs is 1. The number of hydrogen-bond acceptors (Lipinski definition) is 8. The molecule has 2 aliphatic rings. The molecule has 2 heterocycles. The van der Waals surface area contributed by atoms with Crippen molar-refractivity contribution in [1.29, 1.82) is 5.41 Å². The van der Waals surface area contributed by atoms with Crippen molar-refractivity contribution < 1.29 is 33.2 Å². The van der Waals surface area contributed by atoms with E-state index in [1.165, 1.54) is 6.92 Å². The van der Waals surface area contributed by atoms with Gasteiger partial charge in [0.05, 0.1) is 6.61 Å². The largest absolute Gasteiger partial charge is 0.463 e. The highest BCUT2D eigenvalue weighted by Crippen LogP contribution is 2.40. The van der Waals surface area contributed by atoms with Gasteiger partial charge in [-0.05, 0) is 19.4 Å². The summed E-state index contributed by atoms with van der Waals surface area (Å²) in [4.78, 5) is 11.3. The van der Waals surface area contributed by atoms with Gasteiger partial charge in [0, 0.05) is 6.92 Å². The molecule has 5 atom stereocenters. The Kier molecular flexibility index (Phi) is 7.74. The smallest absolute Gasteiger partial charge is 0.302 e. The van der Waals surface area contributed by atoms with Gasteiger partial charge in [-0.1, -0.05) is 65.1 Å². The first-order valence-electron chi connectivity index (χ1n) is 9.58. The van der Waals surface area contributed by atoms with E-state index in [1.54, 1.807) is 13.8 Å². The number of carbonyl (C=O) groups is 1. The van der Waals surface area contributed by atoms with Gasteiger partial charge in [0.25, 0.3) is 3.79 Å². The van der Waals surface area contributed by atoms with E-state index in [2.05, 4.69) is 0 Å². The second-order valence-corrected chi connectivity index (χ2v) is 9.90. The molecule has 8 nitrogen and oxygen atoms in total. The van der Waals surface area contributed by atoms with Crippen LogP contribution >= 0.6 is 34.8 Å². The Bertz CT molecular complexity index is 787. The maximum Gasteiger partial charge on any atom is 0.302 e. The zero-order valence-corrected chi connectivity index (χ0v) is 19.4. The highest BCUT2D eigenvalue weighted by atomic mass is 35.6. The summed E-state index contributed by atoms with van der Waals surface area (Å²) < 4.78 is 32.7. The monoisotopic (exact) mass is 495 g/mol. The van der Waals surface area contributed by atoms with Gasteiger partial charge in [0.2, 0.25) is 12.2 Å². The molecular weight excluding hydrogens is 473 g/mol. The van der Waals surface area contributed by atoms with E-state index in [-0.39, 0.29) is 13.2 Å². The second-order valence-electron chi connectivity index (χ2n) is 7.62. The van der Waals surface area contributed by atoms with Crippen LogP contribution in [-0.4, -0.2) is 58.8 Å². The molecule has 0 saturated carbocycles. The molecule has 11 heteroatoms. The van der Waals surface area contributed by atoms with Crippen LogP contribution in [0.3, 0.4) is 0 Å². The Morgan fingerprint density at radius 1 is 1.16 bits per heavy atom. The van der Waals surface area contributed by atoms with Gasteiger partial charge in [0.15, 0.2) is 5.79 Å². The van der Waals surface area contributed by atoms with Crippen molar-refractivity contribution >= 4 is 46.7 Å². The second kappa shape index (κ2) is 9.79. The van der Waals surface area contributed by atoms with E-state index >= 15 is 0 Å². The van der Waals surface area contributed by atoms with E-state index in [9.17, 15) is 4.79 Å². The molecule has 172 valence electrons. The molecule has 0 spiro atoms. The Labute approximate surface area is 195 Å². The fraction of sp³-hybridized carbons (Fsp3) is 0.600. The van der Waals surface area contributed by atoms with Crippen LogP contribution in [0.2, 0.25) is 0 Å². The maximum atomic E-state index is 11.3. The molecule has 0 bridgehead atoms. The summed E-state index contributed by atoms with van der Waals surface area (Å²) in [7, 11) is 0. The van der Waals surface area contributed by atoms with Crippen LogP contribution in [-0.2, 0) is 39.8 Å². The maximum absolute atomic E-state index is 11.3. The number of ether oxygens (including phenoxy) is 6. The molecule has 1 aromatic carbocycles. The van der Waals surface area contributed by atoms with Crippen LogP contribution in [0.1, 0.15) is 26.3 Å². The molecule has 0 aromatic heterocycles. The predicted molar refractivity (Wildman–Crippen MR) is 113 cm³/mol. The molecule has 31 heavy (non-hydrogen) atoms. The Morgan fingerprint density at radius 3 is 2.42 bits per heavy atom. The standard InChI is InChI=1S/C20H24Cl3NO7/c1-11(25)26-10-13-14-15(31-19(2,3)30-14)16(27-9-12-7-5-4-6-8-12)17(28-13)29-18(24)20(21,22)23/h4-8,13-17,24H,9-10H2,1-3H3/t13-,14+,15+,16-,17-/m1/s1. The van der Waals surface area contributed by atoms with Crippen LogP contribution in [0.25, 0.3) is 0 Å². The van der Waals surface area contributed by atoms with E-state index < -0.39 is 52.2 Å². The molecule has 1 N–H and O–H groups in total. The van der Waals surface area contributed by atoms with Gasteiger partial charge in [-0.3, -0.25) is 10.2 Å². The minimum absolute atomic E-state index is 0.109. The Balaban J connectivity index is 1.85. The molecule has 1 aromatic rings. The van der Waals surface area contributed by atoms with Gasteiger partial charge < -0.3 is 28.4 Å². The third-order valence-corrected chi connectivity index (χ3v) is 5.17. The van der Waals surface area contributed by atoms with Crippen molar-refractivity contribution in [3.63, 3.8) is 0 Å². The fourth-order valence-electron chi connectivity index (χ4n) is 3.39. The first-order chi connectivity index (χ1) is 14.5. The predicted octanol–water partition coefficient (Wildman–Crippen LogP) is 3.74. The summed E-state index contributed by atoms with van der Waals surface area (Å²) >= 11 is 17.3. The van der Waals surface area contributed by atoms with Gasteiger partial charge in [-0.2, -0.15) is 0 Å². The number of halogens is 3. The molecule has 2 fully saturated rings. The Hall–Kier alpha value is -1.13. The Morgan fingerprint density at radius 2 is 1.81 bits per heavy atom. The molecule has 0 unspecified atom stereocenters. The first-order valence-corrected chi connectivity index (χ1v) is 10.7. The van der Waals surface area contributed by atoms with E-state index in [0.717, 1.165) is 5.56 Å². The van der Waals surface area contributed by atoms with Gasteiger partial charge in [-0.15, -0.1) is 0 Å². The average Bonchev–Trinajstić information content (AvgIpc) is 3.00. The van der Waals surface area contributed by atoms with Crippen LogP contribution < -0.4 is 0 Å². The highest BCUT2D eigenvalue weighted by molar-refractivity contribution is 6.76. The van der Waals surface area contributed by atoms with Crippen LogP contribution in [0.4, 0.5) is 0 Å². The molecule has 2 aliphatic heterocycles. The number of alkyl halides is 3. The van der Waals surface area contributed by atoms with Crippen molar-refractivity contribution in [2.45, 2.75) is 67.7 Å². The molecule has 0 radical (unpaired) electrons. The number of hydrogen-bond donors (Lipinski definition) is 1. The molecule has 0 aliphatic carbocycles. The molecule has 0 amide bonds. The van der Waals surface area contributed by atoms with Crippen molar-refractivity contribution in [3.8, 4) is 0 Å². The third kappa shape index (κ3) is 6.44. The third-order valence-electron chi connectivity index (χ3n) is 4.66. The van der Waals surface area contributed by atoms with Crippen LogP contribution in [0.15, 0.2) is 30.3 Å². The van der Waals surface area contributed by atoms with Gasteiger partial charge in [-0.25, -0.2) is 0 Å². The topological polar surface area (TPSA) is 96.3 Å². The molecule has 2 saturated heterocycles. The number of rotatable bonds is 6. The van der Waals surface area contributed by atoms with Crippen LogP contribution in [0.5, 0.6) is 0 Å². The quantitative estimate of drug-likeness (QED) is 0.277. The van der Waals surface area contributed by atoms with Crippen molar-refractivity contribution in [1.82, 2.24) is 0 Å². The van der Waals surface area contributed by atoms with Crippen molar-refractivity contribution in [3.05, 3.63) is 35.9 Å². The molecular formula is C20H24Cl3NO7. The number of esters is 1.